The summed E-state index contributed by atoms with van der Waals surface area (Å²) < 4.78 is 5.23. The number of aryl methyl sites for hydroxylation is 1. The number of rotatable bonds is 9. The van der Waals surface area contributed by atoms with Crippen LogP contribution in [0.15, 0.2) is 30.5 Å². The van der Waals surface area contributed by atoms with E-state index in [1.165, 1.54) is 56.2 Å². The highest BCUT2D eigenvalue weighted by atomic mass is 16.5. The maximum absolute atomic E-state index is 11.4. The number of unbranched alkanes of at least 4 members (excludes halogenated alkanes) is 4. The second kappa shape index (κ2) is 10.4. The Labute approximate surface area is 168 Å². The van der Waals surface area contributed by atoms with Crippen LogP contribution in [-0.2, 0) is 17.6 Å². The van der Waals surface area contributed by atoms with Gasteiger partial charge in [0.2, 0.25) is 0 Å². The molecule has 0 aliphatic heterocycles. The third-order valence-corrected chi connectivity index (χ3v) is 5.60. The number of esters is 1. The molecule has 1 aliphatic carbocycles. The molecule has 0 radical (unpaired) electrons. The van der Waals surface area contributed by atoms with Gasteiger partial charge in [0.05, 0.1) is 0 Å². The second-order valence-corrected chi connectivity index (χ2v) is 7.83. The molecule has 1 unspecified atom stereocenters. The van der Waals surface area contributed by atoms with Gasteiger partial charge in [-0.15, -0.1) is 0 Å². The molecule has 4 nitrogen and oxygen atoms in total. The van der Waals surface area contributed by atoms with Crippen molar-refractivity contribution in [3.05, 3.63) is 41.7 Å². The van der Waals surface area contributed by atoms with Crippen LogP contribution >= 0.6 is 0 Å². The van der Waals surface area contributed by atoms with E-state index in [-0.39, 0.29) is 5.97 Å². The quantitative estimate of drug-likeness (QED) is 0.308. The summed E-state index contributed by atoms with van der Waals surface area (Å²) in [5.74, 6) is 1.88. The van der Waals surface area contributed by atoms with E-state index in [4.69, 9.17) is 9.72 Å². The van der Waals surface area contributed by atoms with Crippen molar-refractivity contribution < 1.29 is 9.53 Å². The van der Waals surface area contributed by atoms with Gasteiger partial charge in [-0.1, -0.05) is 52.4 Å². The van der Waals surface area contributed by atoms with Crippen LogP contribution in [0.4, 0.5) is 0 Å². The lowest BCUT2D eigenvalue weighted by atomic mass is 9.84. The minimum Gasteiger partial charge on any atom is -0.427 e. The Morgan fingerprint density at radius 1 is 1.11 bits per heavy atom. The molecule has 0 bridgehead atoms. The molecule has 1 aromatic carbocycles. The maximum Gasteiger partial charge on any atom is 0.310 e. The smallest absolute Gasteiger partial charge is 0.310 e. The zero-order valence-electron chi connectivity index (χ0n) is 17.2. The Balaban J connectivity index is 1.58. The first-order chi connectivity index (χ1) is 13.7. The van der Waals surface area contributed by atoms with E-state index in [2.05, 4.69) is 11.9 Å². The third kappa shape index (κ3) is 5.63. The van der Waals surface area contributed by atoms with Crippen molar-refractivity contribution in [3.63, 3.8) is 0 Å². The van der Waals surface area contributed by atoms with E-state index in [0.29, 0.717) is 12.2 Å². The number of hydrogen-bond acceptors (Lipinski definition) is 4. The van der Waals surface area contributed by atoms with Crippen LogP contribution in [0.5, 0.6) is 5.75 Å². The molecule has 0 spiro atoms. The lowest BCUT2D eigenvalue weighted by molar-refractivity contribution is -0.134. The SMILES string of the molecule is CCCCCCCC1CCc2nc(-c3ccc(OC(=O)CC)cc3)ncc2C1. The number of carbonyl (C=O) groups is 1. The molecule has 3 rings (SSSR count). The minimum atomic E-state index is -0.224. The average Bonchev–Trinajstić information content (AvgIpc) is 2.73. The highest BCUT2D eigenvalue weighted by Crippen LogP contribution is 2.29. The fourth-order valence-corrected chi connectivity index (χ4v) is 3.88. The van der Waals surface area contributed by atoms with Crippen molar-refractivity contribution in [3.8, 4) is 17.1 Å². The van der Waals surface area contributed by atoms with E-state index in [1.807, 2.05) is 18.3 Å². The molecule has 1 aliphatic rings. The number of nitrogens with zero attached hydrogens (tertiary/aromatic N) is 2. The molecular weight excluding hydrogens is 348 g/mol. The fourth-order valence-electron chi connectivity index (χ4n) is 3.88. The first-order valence-electron chi connectivity index (χ1n) is 10.9. The Morgan fingerprint density at radius 3 is 2.64 bits per heavy atom. The zero-order valence-corrected chi connectivity index (χ0v) is 17.2. The van der Waals surface area contributed by atoms with Crippen LogP contribution in [0, 0.1) is 5.92 Å². The molecule has 4 heteroatoms. The molecule has 1 heterocycles. The van der Waals surface area contributed by atoms with Crippen LogP contribution in [0.2, 0.25) is 0 Å². The first kappa shape index (κ1) is 20.5. The summed E-state index contributed by atoms with van der Waals surface area (Å²) in [5.41, 5.74) is 3.48. The van der Waals surface area contributed by atoms with E-state index in [1.54, 1.807) is 19.1 Å². The predicted octanol–water partition coefficient (Wildman–Crippen LogP) is 5.92. The zero-order chi connectivity index (χ0) is 19.8. The molecule has 2 aromatic rings. The van der Waals surface area contributed by atoms with Crippen molar-refractivity contribution in [2.24, 2.45) is 5.92 Å². The van der Waals surface area contributed by atoms with Crippen molar-refractivity contribution in [1.82, 2.24) is 9.97 Å². The monoisotopic (exact) mass is 380 g/mol. The highest BCUT2D eigenvalue weighted by molar-refractivity contribution is 5.72. The van der Waals surface area contributed by atoms with E-state index < -0.39 is 0 Å². The summed E-state index contributed by atoms with van der Waals surface area (Å²) in [6.45, 7) is 4.05. The van der Waals surface area contributed by atoms with Crippen LogP contribution in [0.3, 0.4) is 0 Å². The topological polar surface area (TPSA) is 52.1 Å². The van der Waals surface area contributed by atoms with Gasteiger partial charge >= 0.3 is 5.97 Å². The summed E-state index contributed by atoms with van der Waals surface area (Å²) in [6, 6.07) is 7.45. The van der Waals surface area contributed by atoms with Crippen molar-refractivity contribution in [2.75, 3.05) is 0 Å². The van der Waals surface area contributed by atoms with Crippen LogP contribution < -0.4 is 4.74 Å². The van der Waals surface area contributed by atoms with Gasteiger partial charge in [-0.05, 0) is 55.0 Å². The number of aromatic nitrogens is 2. The van der Waals surface area contributed by atoms with Crippen LogP contribution in [0.1, 0.15) is 76.5 Å². The third-order valence-electron chi connectivity index (χ3n) is 5.60. The van der Waals surface area contributed by atoms with Crippen LogP contribution in [0.25, 0.3) is 11.4 Å². The molecule has 0 amide bonds. The number of carbonyl (C=O) groups excluding carboxylic acids is 1. The molecule has 150 valence electrons. The number of benzene rings is 1. The number of fused-ring (bicyclic) bond motifs is 1. The van der Waals surface area contributed by atoms with Gasteiger partial charge in [0.15, 0.2) is 5.82 Å². The summed E-state index contributed by atoms with van der Waals surface area (Å²) in [4.78, 5) is 20.8. The van der Waals surface area contributed by atoms with Crippen molar-refractivity contribution in [2.45, 2.75) is 78.1 Å². The highest BCUT2D eigenvalue weighted by Gasteiger charge is 2.20. The first-order valence-corrected chi connectivity index (χ1v) is 10.9. The van der Waals surface area contributed by atoms with E-state index in [9.17, 15) is 4.79 Å². The maximum atomic E-state index is 11.4. The molecule has 28 heavy (non-hydrogen) atoms. The lowest BCUT2D eigenvalue weighted by Crippen LogP contribution is -2.16. The Hall–Kier alpha value is -2.23. The second-order valence-electron chi connectivity index (χ2n) is 7.83. The summed E-state index contributed by atoms with van der Waals surface area (Å²) in [6.07, 6.45) is 13.9. The average molecular weight is 381 g/mol. The van der Waals surface area contributed by atoms with Gasteiger partial charge in [-0.2, -0.15) is 0 Å². The number of hydrogen-bond donors (Lipinski definition) is 0. The summed E-state index contributed by atoms with van der Waals surface area (Å²) in [7, 11) is 0. The van der Waals surface area contributed by atoms with Gasteiger partial charge in [0.1, 0.15) is 5.75 Å². The van der Waals surface area contributed by atoms with E-state index >= 15 is 0 Å². The largest absolute Gasteiger partial charge is 0.427 e. The lowest BCUT2D eigenvalue weighted by Gasteiger charge is -2.24. The fraction of sp³-hybridized carbons (Fsp3) is 0.542. The molecule has 0 saturated carbocycles. The summed E-state index contributed by atoms with van der Waals surface area (Å²) >= 11 is 0. The van der Waals surface area contributed by atoms with Crippen LogP contribution in [-0.4, -0.2) is 15.9 Å². The minimum absolute atomic E-state index is 0.224. The Kier molecular flexibility index (Phi) is 7.58. The standard InChI is InChI=1S/C24H32N2O2/c1-3-5-6-7-8-9-18-10-15-22-20(16-18)17-25-24(26-22)19-11-13-21(14-12-19)28-23(27)4-2/h11-14,17-18H,3-10,15-16H2,1-2H3. The Bertz CT molecular complexity index is 771. The van der Waals surface area contributed by atoms with Gasteiger partial charge < -0.3 is 4.74 Å². The molecule has 1 atom stereocenters. The van der Waals surface area contributed by atoms with Gasteiger partial charge in [0.25, 0.3) is 0 Å². The molecule has 1 aromatic heterocycles. The molecule has 0 N–H and O–H groups in total. The molecule has 0 saturated heterocycles. The Morgan fingerprint density at radius 2 is 1.89 bits per heavy atom. The number of ether oxygens (including phenoxy) is 1. The van der Waals surface area contributed by atoms with Gasteiger partial charge in [-0.3, -0.25) is 4.79 Å². The normalized spacial score (nSPS) is 15.9. The van der Waals surface area contributed by atoms with Crippen molar-refractivity contribution in [1.29, 1.82) is 0 Å². The van der Waals surface area contributed by atoms with Gasteiger partial charge in [0, 0.05) is 23.9 Å². The molecule has 0 fully saturated rings. The van der Waals surface area contributed by atoms with Gasteiger partial charge in [-0.25, -0.2) is 9.97 Å². The molecular formula is C24H32N2O2. The van der Waals surface area contributed by atoms with E-state index in [0.717, 1.165) is 30.1 Å². The summed E-state index contributed by atoms with van der Waals surface area (Å²) in [5, 5.41) is 0. The predicted molar refractivity (Wildman–Crippen MR) is 112 cm³/mol. The van der Waals surface area contributed by atoms with Crippen molar-refractivity contribution >= 4 is 5.97 Å².